The molecule has 1 aromatic rings. The number of aliphatic hydroxyl groups is 5. The van der Waals surface area contributed by atoms with Gasteiger partial charge in [-0.2, -0.15) is 0 Å². The van der Waals surface area contributed by atoms with Crippen LogP contribution in [0.2, 0.25) is 0 Å². The van der Waals surface area contributed by atoms with Crippen molar-refractivity contribution in [3.05, 3.63) is 35.9 Å². The minimum Gasteiger partial charge on any atom is -0.394 e. The Kier molecular flexibility index (Phi) is 14.1. The molecule has 1 aliphatic heterocycles. The molecule has 0 bridgehead atoms. The number of carbonyl (C=O) groups excluding carboxylic acids is 2. The third-order valence-corrected chi connectivity index (χ3v) is 8.45. The fourth-order valence-electron chi connectivity index (χ4n) is 6.06. The Bertz CT molecular complexity index is 914. The van der Waals surface area contributed by atoms with Gasteiger partial charge in [0.1, 0.15) is 30.2 Å². The number of amides is 1. The summed E-state index contributed by atoms with van der Waals surface area (Å²) in [7, 11) is 0. The van der Waals surface area contributed by atoms with Gasteiger partial charge in [-0.05, 0) is 56.9 Å². The summed E-state index contributed by atoms with van der Waals surface area (Å²) >= 11 is 0. The van der Waals surface area contributed by atoms with E-state index in [1.807, 2.05) is 37.3 Å². The van der Waals surface area contributed by atoms with Crippen molar-refractivity contribution < 1.29 is 44.6 Å². The number of aliphatic hydroxyl groups excluding tert-OH is 5. The van der Waals surface area contributed by atoms with Crippen molar-refractivity contribution in [3.8, 4) is 0 Å². The van der Waals surface area contributed by atoms with Crippen LogP contribution in [0.15, 0.2) is 30.3 Å². The van der Waals surface area contributed by atoms with Gasteiger partial charge in [0.05, 0.1) is 18.8 Å². The smallest absolute Gasteiger partial charge is 0.219 e. The zero-order valence-electron chi connectivity index (χ0n) is 24.1. The minimum atomic E-state index is -1.56. The fourth-order valence-corrected chi connectivity index (χ4v) is 6.06. The highest BCUT2D eigenvalue weighted by atomic mass is 16.7. The van der Waals surface area contributed by atoms with E-state index in [-0.39, 0.29) is 29.9 Å². The summed E-state index contributed by atoms with van der Waals surface area (Å²) in [5.74, 6) is -0.366. The maximum Gasteiger partial charge on any atom is 0.219 e. The van der Waals surface area contributed by atoms with Crippen LogP contribution in [0, 0.1) is 11.8 Å². The number of Topliss-reactive ketones (excluding diaryl/α,β-unsaturated/α-hetero) is 1. The minimum absolute atomic E-state index is 0.0533. The molecule has 3 rings (SSSR count). The second-order valence-corrected chi connectivity index (χ2v) is 11.5. The topological polar surface area (TPSA) is 166 Å². The lowest BCUT2D eigenvalue weighted by molar-refractivity contribution is -0.314. The standard InChI is InChI=1S/C31H49NO9/c1-2-32-27(36)13-9-4-3-8-12-22-23(17-16-21(34)15-14-20-10-6-5-7-11-20)25(18-24(22)35)40-31-30(39)29(38)28(37)26(19-33)41-31/h5-7,10-11,21-23,25-26,28-31,33-34,37-39H,2-4,8-9,12-19H2,1H3,(H,32,36)/t21-,22+,23+,25+,26?,28+,29-,30?,31+/m0/s1. The number of hydrogen-bond acceptors (Lipinski definition) is 9. The molecule has 0 aromatic heterocycles. The van der Waals surface area contributed by atoms with E-state index in [4.69, 9.17) is 9.47 Å². The number of unbranched alkanes of at least 4 members (excludes halogenated alkanes) is 3. The molecule has 41 heavy (non-hydrogen) atoms. The lowest BCUT2D eigenvalue weighted by atomic mass is 9.84. The summed E-state index contributed by atoms with van der Waals surface area (Å²) in [6, 6.07) is 9.95. The first-order chi connectivity index (χ1) is 19.7. The highest BCUT2D eigenvalue weighted by Crippen LogP contribution is 2.40. The molecule has 1 aromatic carbocycles. The summed E-state index contributed by atoms with van der Waals surface area (Å²) in [5, 5.41) is 53.9. The Morgan fingerprint density at radius 2 is 1.76 bits per heavy atom. The maximum atomic E-state index is 13.2. The van der Waals surface area contributed by atoms with Crippen LogP contribution in [0.5, 0.6) is 0 Å². The molecule has 1 saturated carbocycles. The third kappa shape index (κ3) is 10.1. The summed E-state index contributed by atoms with van der Waals surface area (Å²) in [4.78, 5) is 24.8. The van der Waals surface area contributed by atoms with Gasteiger partial charge >= 0.3 is 0 Å². The van der Waals surface area contributed by atoms with Crippen molar-refractivity contribution >= 4 is 11.7 Å². The number of ether oxygens (including phenoxy) is 2. The second kappa shape index (κ2) is 17.3. The van der Waals surface area contributed by atoms with Crippen LogP contribution in [0.25, 0.3) is 0 Å². The Balaban J connectivity index is 1.59. The van der Waals surface area contributed by atoms with Crippen molar-refractivity contribution in [3.63, 3.8) is 0 Å². The van der Waals surface area contributed by atoms with Gasteiger partial charge in [0.2, 0.25) is 5.91 Å². The fraction of sp³-hybridized carbons (Fsp3) is 0.742. The molecule has 1 heterocycles. The largest absolute Gasteiger partial charge is 0.394 e. The lowest BCUT2D eigenvalue weighted by Gasteiger charge is -2.41. The van der Waals surface area contributed by atoms with Crippen molar-refractivity contribution in [2.24, 2.45) is 11.8 Å². The molecule has 10 nitrogen and oxygen atoms in total. The van der Waals surface area contributed by atoms with Crippen molar-refractivity contribution in [2.45, 2.75) is 120 Å². The van der Waals surface area contributed by atoms with E-state index in [0.717, 1.165) is 37.7 Å². The van der Waals surface area contributed by atoms with E-state index < -0.39 is 49.5 Å². The summed E-state index contributed by atoms with van der Waals surface area (Å²) in [6.45, 7) is 1.95. The van der Waals surface area contributed by atoms with Gasteiger partial charge in [-0.3, -0.25) is 9.59 Å². The highest BCUT2D eigenvalue weighted by molar-refractivity contribution is 5.84. The van der Waals surface area contributed by atoms with E-state index in [1.165, 1.54) is 0 Å². The molecule has 232 valence electrons. The monoisotopic (exact) mass is 579 g/mol. The Hall–Kier alpha value is -1.92. The first-order valence-electron chi connectivity index (χ1n) is 15.2. The molecule has 1 amide bonds. The van der Waals surface area contributed by atoms with Gasteiger partial charge < -0.3 is 40.3 Å². The third-order valence-electron chi connectivity index (χ3n) is 8.45. The van der Waals surface area contributed by atoms with Crippen molar-refractivity contribution in [2.75, 3.05) is 13.2 Å². The number of aryl methyl sites for hydroxylation is 1. The Morgan fingerprint density at radius 1 is 1.02 bits per heavy atom. The zero-order valence-corrected chi connectivity index (χ0v) is 24.1. The average molecular weight is 580 g/mol. The summed E-state index contributed by atoms with van der Waals surface area (Å²) in [6.07, 6.45) is -1.04. The normalized spacial score (nSPS) is 30.8. The van der Waals surface area contributed by atoms with Gasteiger partial charge in [0, 0.05) is 25.3 Å². The van der Waals surface area contributed by atoms with Gasteiger partial charge in [-0.25, -0.2) is 0 Å². The molecule has 2 fully saturated rings. The molecule has 10 heteroatoms. The predicted molar refractivity (Wildman–Crippen MR) is 152 cm³/mol. The molecule has 2 unspecified atom stereocenters. The van der Waals surface area contributed by atoms with Crippen molar-refractivity contribution in [1.29, 1.82) is 0 Å². The van der Waals surface area contributed by atoms with Gasteiger partial charge in [-0.1, -0.05) is 49.6 Å². The van der Waals surface area contributed by atoms with Crippen LogP contribution in [-0.4, -0.2) is 93.3 Å². The van der Waals surface area contributed by atoms with E-state index in [0.29, 0.717) is 38.6 Å². The summed E-state index contributed by atoms with van der Waals surface area (Å²) < 4.78 is 11.6. The van der Waals surface area contributed by atoms with Crippen LogP contribution in [-0.2, 0) is 25.5 Å². The molecule has 0 spiro atoms. The first kappa shape index (κ1) is 33.6. The molecule has 9 atom stereocenters. The van der Waals surface area contributed by atoms with Gasteiger partial charge in [0.15, 0.2) is 6.29 Å². The first-order valence-corrected chi connectivity index (χ1v) is 15.2. The number of nitrogens with one attached hydrogen (secondary N) is 1. The second-order valence-electron chi connectivity index (χ2n) is 11.5. The molecular weight excluding hydrogens is 530 g/mol. The van der Waals surface area contributed by atoms with E-state index >= 15 is 0 Å². The van der Waals surface area contributed by atoms with Crippen LogP contribution in [0.1, 0.15) is 76.7 Å². The van der Waals surface area contributed by atoms with Gasteiger partial charge in [-0.15, -0.1) is 0 Å². The highest BCUT2D eigenvalue weighted by Gasteiger charge is 2.48. The van der Waals surface area contributed by atoms with Crippen LogP contribution in [0.4, 0.5) is 0 Å². The molecule has 2 aliphatic rings. The number of ketones is 1. The molecular formula is C31H49NO9. The number of benzene rings is 1. The number of hydrogen-bond donors (Lipinski definition) is 6. The van der Waals surface area contributed by atoms with Gasteiger partial charge in [0.25, 0.3) is 0 Å². The molecule has 1 saturated heterocycles. The average Bonchev–Trinajstić information content (AvgIpc) is 3.26. The molecule has 6 N–H and O–H groups in total. The maximum absolute atomic E-state index is 13.2. The van der Waals surface area contributed by atoms with E-state index in [2.05, 4.69) is 5.32 Å². The molecule has 0 radical (unpaired) electrons. The van der Waals surface area contributed by atoms with Crippen molar-refractivity contribution in [1.82, 2.24) is 5.32 Å². The summed E-state index contributed by atoms with van der Waals surface area (Å²) in [5.41, 5.74) is 1.15. The van der Waals surface area contributed by atoms with Crippen LogP contribution < -0.4 is 5.32 Å². The molecule has 1 aliphatic carbocycles. The zero-order chi connectivity index (χ0) is 29.8. The quantitative estimate of drug-likeness (QED) is 0.150. The van der Waals surface area contributed by atoms with E-state index in [9.17, 15) is 35.1 Å². The number of carbonyl (C=O) groups is 2. The Labute approximate surface area is 243 Å². The lowest BCUT2D eigenvalue weighted by Crippen LogP contribution is -2.59. The number of rotatable bonds is 17. The Morgan fingerprint density at radius 3 is 2.46 bits per heavy atom. The SMILES string of the molecule is CCNC(=O)CCCCCC[C@H]1C(=O)C[C@@H](O[C@@H]2OC(CO)[C@@H](O)[C@H](O)C2O)[C@@H]1CC[C@@H](O)CCc1ccccc1. The van der Waals surface area contributed by atoms with E-state index in [1.54, 1.807) is 0 Å². The van der Waals surface area contributed by atoms with Crippen LogP contribution in [0.3, 0.4) is 0 Å². The predicted octanol–water partition coefficient (Wildman–Crippen LogP) is 1.63. The van der Waals surface area contributed by atoms with Crippen LogP contribution >= 0.6 is 0 Å².